The molecule has 0 saturated heterocycles. The minimum Gasteiger partial charge on any atom is -0.333 e. The molecule has 0 unspecified atom stereocenters. The fourth-order valence-corrected chi connectivity index (χ4v) is 4.23. The van der Waals surface area contributed by atoms with Gasteiger partial charge in [0.1, 0.15) is 0 Å². The normalized spacial score (nSPS) is 11.8. The molecule has 2 amide bonds. The minimum absolute atomic E-state index is 0.0162. The molecule has 0 bridgehead atoms. The Balaban J connectivity index is 2.09. The van der Waals surface area contributed by atoms with Crippen LogP contribution in [0.4, 0.5) is 0 Å². The van der Waals surface area contributed by atoms with E-state index in [-0.39, 0.29) is 18.4 Å². The number of carbonyl (C=O) groups excluding carboxylic acids is 2. The molecule has 0 N–H and O–H groups in total. The van der Waals surface area contributed by atoms with Gasteiger partial charge in [-0.15, -0.1) is 11.3 Å². The van der Waals surface area contributed by atoms with Gasteiger partial charge in [0.05, 0.1) is 13.1 Å². The Morgan fingerprint density at radius 2 is 1.68 bits per heavy atom. The Hall–Kier alpha value is -2.14. The smallest absolute Gasteiger partial charge is 0.242 e. The van der Waals surface area contributed by atoms with Crippen molar-refractivity contribution >= 4 is 23.2 Å². The lowest BCUT2D eigenvalue weighted by Gasteiger charge is -2.29. The van der Waals surface area contributed by atoms with Crippen LogP contribution in [-0.2, 0) is 22.7 Å². The van der Waals surface area contributed by atoms with E-state index in [0.29, 0.717) is 32.0 Å². The summed E-state index contributed by atoms with van der Waals surface area (Å²) in [7, 11) is 0. The SMILES string of the molecule is CCCCCCC(=O)N(CC(=O)N(Cc1ccccc1)Cc1cccs1)C[C@H](C)CC. The molecule has 1 aromatic carbocycles. The summed E-state index contributed by atoms with van der Waals surface area (Å²) in [5.41, 5.74) is 1.10. The summed E-state index contributed by atoms with van der Waals surface area (Å²) < 4.78 is 0. The van der Waals surface area contributed by atoms with Crippen molar-refractivity contribution in [3.05, 3.63) is 58.3 Å². The molecule has 0 aliphatic rings. The van der Waals surface area contributed by atoms with E-state index >= 15 is 0 Å². The molecule has 1 aromatic heterocycles. The molecule has 1 atom stereocenters. The lowest BCUT2D eigenvalue weighted by atomic mass is 10.1. The van der Waals surface area contributed by atoms with Crippen molar-refractivity contribution < 1.29 is 9.59 Å². The van der Waals surface area contributed by atoms with Crippen LogP contribution in [0.15, 0.2) is 47.8 Å². The zero-order valence-corrected chi connectivity index (χ0v) is 20.2. The van der Waals surface area contributed by atoms with E-state index in [4.69, 9.17) is 0 Å². The topological polar surface area (TPSA) is 40.6 Å². The van der Waals surface area contributed by atoms with Crippen molar-refractivity contribution in [1.82, 2.24) is 9.80 Å². The summed E-state index contributed by atoms with van der Waals surface area (Å²) in [6, 6.07) is 14.2. The molecular formula is C26H38N2O2S. The van der Waals surface area contributed by atoms with Gasteiger partial charge in [-0.2, -0.15) is 0 Å². The molecule has 0 aliphatic heterocycles. The van der Waals surface area contributed by atoms with Gasteiger partial charge in [0, 0.05) is 24.4 Å². The Bertz CT molecular complexity index is 761. The molecule has 0 fully saturated rings. The van der Waals surface area contributed by atoms with Crippen molar-refractivity contribution in [2.24, 2.45) is 5.92 Å². The summed E-state index contributed by atoms with van der Waals surface area (Å²) in [6.45, 7) is 8.39. The molecule has 0 spiro atoms. The Morgan fingerprint density at radius 1 is 0.903 bits per heavy atom. The number of carbonyl (C=O) groups is 2. The van der Waals surface area contributed by atoms with Gasteiger partial charge < -0.3 is 9.80 Å². The highest BCUT2D eigenvalue weighted by Gasteiger charge is 2.23. The second-order valence-electron chi connectivity index (χ2n) is 8.41. The summed E-state index contributed by atoms with van der Waals surface area (Å²) in [6.07, 6.45) is 5.82. The summed E-state index contributed by atoms with van der Waals surface area (Å²) in [4.78, 5) is 31.2. The maximum absolute atomic E-state index is 13.4. The molecule has 4 nitrogen and oxygen atoms in total. The van der Waals surface area contributed by atoms with E-state index < -0.39 is 0 Å². The predicted molar refractivity (Wildman–Crippen MR) is 130 cm³/mol. The highest BCUT2D eigenvalue weighted by Crippen LogP contribution is 2.16. The second kappa shape index (κ2) is 14.0. The Kier molecular flexibility index (Phi) is 11.4. The van der Waals surface area contributed by atoms with Gasteiger partial charge in [0.25, 0.3) is 0 Å². The molecule has 5 heteroatoms. The lowest BCUT2D eigenvalue weighted by Crippen LogP contribution is -2.44. The van der Waals surface area contributed by atoms with Crippen molar-refractivity contribution in [3.63, 3.8) is 0 Å². The summed E-state index contributed by atoms with van der Waals surface area (Å²) >= 11 is 1.66. The number of hydrogen-bond donors (Lipinski definition) is 0. The first-order valence-corrected chi connectivity index (χ1v) is 12.5. The number of rotatable bonds is 14. The van der Waals surface area contributed by atoms with Gasteiger partial charge in [0.15, 0.2) is 0 Å². The first kappa shape index (κ1) is 25.1. The molecule has 0 saturated carbocycles. The van der Waals surface area contributed by atoms with Crippen LogP contribution in [0.3, 0.4) is 0 Å². The average molecular weight is 443 g/mol. The van der Waals surface area contributed by atoms with Gasteiger partial charge in [-0.3, -0.25) is 9.59 Å². The van der Waals surface area contributed by atoms with E-state index in [1.54, 1.807) is 16.2 Å². The molecule has 1 heterocycles. The summed E-state index contributed by atoms with van der Waals surface area (Å²) in [5, 5.41) is 2.04. The van der Waals surface area contributed by atoms with Crippen LogP contribution < -0.4 is 0 Å². The monoisotopic (exact) mass is 442 g/mol. The highest BCUT2D eigenvalue weighted by molar-refractivity contribution is 7.09. The number of unbranched alkanes of at least 4 members (excludes halogenated alkanes) is 3. The molecule has 170 valence electrons. The number of thiophene rings is 1. The van der Waals surface area contributed by atoms with Gasteiger partial charge in [-0.05, 0) is 29.3 Å². The second-order valence-corrected chi connectivity index (χ2v) is 9.45. The van der Waals surface area contributed by atoms with Gasteiger partial charge in [-0.25, -0.2) is 0 Å². The third-order valence-electron chi connectivity index (χ3n) is 5.65. The molecule has 0 radical (unpaired) electrons. The van der Waals surface area contributed by atoms with Gasteiger partial charge >= 0.3 is 0 Å². The van der Waals surface area contributed by atoms with Crippen LogP contribution in [0.2, 0.25) is 0 Å². The standard InChI is InChI=1S/C26H38N2O2S/c1-4-6-7-11-16-25(29)27(18-22(3)5-2)21-26(30)28(20-24-15-12-17-31-24)19-23-13-9-8-10-14-23/h8-10,12-15,17,22H,4-7,11,16,18-21H2,1-3H3/t22-/m1/s1. The lowest BCUT2D eigenvalue weighted by molar-refractivity contribution is -0.141. The molecule has 2 rings (SSSR count). The maximum atomic E-state index is 13.4. The molecular weight excluding hydrogens is 404 g/mol. The first-order chi connectivity index (χ1) is 15.0. The van der Waals surface area contributed by atoms with Crippen molar-refractivity contribution in [3.8, 4) is 0 Å². The number of benzene rings is 1. The number of nitrogens with zero attached hydrogens (tertiary/aromatic N) is 2. The third-order valence-corrected chi connectivity index (χ3v) is 6.51. The molecule has 31 heavy (non-hydrogen) atoms. The van der Waals surface area contributed by atoms with Crippen LogP contribution in [-0.4, -0.2) is 34.7 Å². The van der Waals surface area contributed by atoms with E-state index in [1.165, 1.54) is 0 Å². The van der Waals surface area contributed by atoms with E-state index in [1.807, 2.05) is 46.7 Å². The average Bonchev–Trinajstić information content (AvgIpc) is 3.29. The Labute approximate surface area is 192 Å². The maximum Gasteiger partial charge on any atom is 0.242 e. The van der Waals surface area contributed by atoms with E-state index in [0.717, 1.165) is 42.5 Å². The minimum atomic E-state index is 0.0162. The van der Waals surface area contributed by atoms with E-state index in [9.17, 15) is 9.59 Å². The van der Waals surface area contributed by atoms with Crippen LogP contribution in [0, 0.1) is 5.92 Å². The van der Waals surface area contributed by atoms with Crippen molar-refractivity contribution in [1.29, 1.82) is 0 Å². The van der Waals surface area contributed by atoms with Crippen LogP contribution >= 0.6 is 11.3 Å². The fourth-order valence-electron chi connectivity index (χ4n) is 3.51. The van der Waals surface area contributed by atoms with Gasteiger partial charge in [0.2, 0.25) is 11.8 Å². The van der Waals surface area contributed by atoms with Crippen LogP contribution in [0.1, 0.15) is 69.7 Å². The fraction of sp³-hybridized carbons (Fsp3) is 0.538. The molecule has 2 aromatic rings. The Morgan fingerprint density at radius 3 is 2.32 bits per heavy atom. The zero-order valence-electron chi connectivity index (χ0n) is 19.4. The van der Waals surface area contributed by atoms with Crippen LogP contribution in [0.5, 0.6) is 0 Å². The van der Waals surface area contributed by atoms with Crippen molar-refractivity contribution in [2.45, 2.75) is 72.4 Å². The number of amides is 2. The summed E-state index contributed by atoms with van der Waals surface area (Å²) in [5.74, 6) is 0.510. The van der Waals surface area contributed by atoms with Gasteiger partial charge in [-0.1, -0.05) is 82.9 Å². The third kappa shape index (κ3) is 9.26. The molecule has 0 aliphatic carbocycles. The van der Waals surface area contributed by atoms with E-state index in [2.05, 4.69) is 26.8 Å². The highest BCUT2D eigenvalue weighted by atomic mass is 32.1. The largest absolute Gasteiger partial charge is 0.333 e. The number of hydrogen-bond acceptors (Lipinski definition) is 3. The quantitative estimate of drug-likeness (QED) is 0.331. The zero-order chi connectivity index (χ0) is 22.5. The first-order valence-electron chi connectivity index (χ1n) is 11.6. The predicted octanol–water partition coefficient (Wildman–Crippen LogP) is 6.12. The van der Waals surface area contributed by atoms with Crippen molar-refractivity contribution in [2.75, 3.05) is 13.1 Å². The van der Waals surface area contributed by atoms with Crippen LogP contribution in [0.25, 0.3) is 0 Å².